The number of carbonyl (C=O) groups excluding carboxylic acids is 5. The smallest absolute Gasteiger partial charge is 0.408 e. The number of nitrogens with one attached hydrogen (secondary N) is 3. The molecule has 0 bridgehead atoms. The van der Waals surface area contributed by atoms with Crippen LogP contribution in [0.3, 0.4) is 0 Å². The number of rotatable bonds is 13. The lowest BCUT2D eigenvalue weighted by molar-refractivity contribution is -0.143. The van der Waals surface area contributed by atoms with Crippen LogP contribution in [0.2, 0.25) is 0 Å². The van der Waals surface area contributed by atoms with Crippen LogP contribution < -0.4 is 24.8 Å². The van der Waals surface area contributed by atoms with Crippen LogP contribution in [-0.2, 0) is 33.9 Å². The van der Waals surface area contributed by atoms with E-state index in [1.165, 1.54) is 29.2 Å². The Bertz CT molecular complexity index is 2550. The molecule has 4 amide bonds. The van der Waals surface area contributed by atoms with Crippen LogP contribution in [0.1, 0.15) is 64.7 Å². The van der Waals surface area contributed by atoms with E-state index in [1.54, 1.807) is 72.9 Å². The molecule has 16 nitrogen and oxygen atoms in total. The van der Waals surface area contributed by atoms with Crippen molar-refractivity contribution in [1.82, 2.24) is 25.2 Å². The van der Waals surface area contributed by atoms with Gasteiger partial charge in [0.15, 0.2) is 0 Å². The molecule has 3 aromatic carbocycles. The van der Waals surface area contributed by atoms with Crippen molar-refractivity contribution in [3.05, 3.63) is 97.1 Å². The van der Waals surface area contributed by atoms with Crippen LogP contribution in [0, 0.1) is 11.3 Å². The average molecular weight is 884 g/mol. The second-order valence-electron chi connectivity index (χ2n) is 17.6. The minimum atomic E-state index is -4.68. The number of benzene rings is 3. The Morgan fingerprint density at radius 3 is 2.24 bits per heavy atom. The Hall–Kier alpha value is -6.49. The number of hydrogen-bond acceptors (Lipinski definition) is 12. The molecule has 6 rings (SSSR count). The number of alkyl carbamates (subject to hydrolysis) is 1. The van der Waals surface area contributed by atoms with Gasteiger partial charge in [-0.2, -0.15) is 0 Å². The fraction of sp³-hybridized carbons (Fsp3) is 0.391. The topological polar surface area (TPSA) is 209 Å². The van der Waals surface area contributed by atoms with Crippen molar-refractivity contribution < 1.29 is 51.3 Å². The Kier molecular flexibility index (Phi) is 12.9. The van der Waals surface area contributed by atoms with Gasteiger partial charge in [0, 0.05) is 35.4 Å². The first kappa shape index (κ1) is 46.0. The highest BCUT2D eigenvalue weighted by Gasteiger charge is 2.61. The third-order valence-corrected chi connectivity index (χ3v) is 12.2. The number of carbonyl (C=O) groups is 5. The number of likely N-dealkylation sites (tertiary alicyclic amines) is 1. The molecular weight excluding hydrogens is 831 g/mol. The number of pyridine rings is 1. The predicted octanol–water partition coefficient (Wildman–Crippen LogP) is 5.55. The minimum absolute atomic E-state index is 0.0115. The molecule has 1 aromatic heterocycles. The third-order valence-electron chi connectivity index (χ3n) is 10.8. The van der Waals surface area contributed by atoms with Gasteiger partial charge in [-0.25, -0.2) is 27.7 Å². The summed E-state index contributed by atoms with van der Waals surface area (Å²) in [5, 5.41) is 6.10. The Balaban J connectivity index is 1.35. The summed E-state index contributed by atoms with van der Waals surface area (Å²) >= 11 is 0. The maximum atomic E-state index is 14.8. The number of methoxy groups -OCH3 is 2. The molecule has 4 aromatic rings. The van der Waals surface area contributed by atoms with E-state index in [0.29, 0.717) is 28.1 Å². The van der Waals surface area contributed by atoms with E-state index in [4.69, 9.17) is 23.9 Å². The summed E-state index contributed by atoms with van der Waals surface area (Å²) in [7, 11) is -2.03. The van der Waals surface area contributed by atoms with E-state index in [9.17, 15) is 32.4 Å². The quantitative estimate of drug-likeness (QED) is 0.112. The lowest BCUT2D eigenvalue weighted by Gasteiger charge is -2.36. The molecule has 1 aliphatic heterocycles. The van der Waals surface area contributed by atoms with Gasteiger partial charge in [-0.1, -0.05) is 69.3 Å². The first-order chi connectivity index (χ1) is 29.6. The van der Waals surface area contributed by atoms with E-state index >= 15 is 0 Å². The molecule has 1 saturated heterocycles. The van der Waals surface area contributed by atoms with Gasteiger partial charge < -0.3 is 34.5 Å². The highest BCUT2D eigenvalue weighted by Crippen LogP contribution is 2.45. The molecule has 1 unspecified atom stereocenters. The van der Waals surface area contributed by atoms with E-state index < -0.39 is 85.4 Å². The van der Waals surface area contributed by atoms with Crippen LogP contribution in [0.4, 0.5) is 4.79 Å². The summed E-state index contributed by atoms with van der Waals surface area (Å²) in [4.78, 5) is 74.8. The fourth-order valence-electron chi connectivity index (χ4n) is 7.54. The third kappa shape index (κ3) is 10.1. The molecule has 0 spiro atoms. The number of hydrogen-bond donors (Lipinski definition) is 3. The Morgan fingerprint density at radius 1 is 0.937 bits per heavy atom. The van der Waals surface area contributed by atoms with Crippen molar-refractivity contribution in [3.8, 4) is 22.8 Å². The Morgan fingerprint density at radius 2 is 1.62 bits per heavy atom. The summed E-state index contributed by atoms with van der Waals surface area (Å²) in [6, 6.07) is 19.3. The van der Waals surface area contributed by atoms with Crippen molar-refractivity contribution in [2.24, 2.45) is 11.3 Å². The molecule has 2 fully saturated rings. The van der Waals surface area contributed by atoms with Gasteiger partial charge in [-0.05, 0) is 56.9 Å². The largest absolute Gasteiger partial charge is 0.497 e. The van der Waals surface area contributed by atoms with Crippen molar-refractivity contribution >= 4 is 50.7 Å². The van der Waals surface area contributed by atoms with Gasteiger partial charge in [-0.15, -0.1) is 6.58 Å². The molecule has 334 valence electrons. The predicted molar refractivity (Wildman–Crippen MR) is 233 cm³/mol. The number of fused-ring (bicyclic) bond motifs is 1. The van der Waals surface area contributed by atoms with Gasteiger partial charge >= 0.3 is 12.1 Å². The van der Waals surface area contributed by atoms with E-state index in [-0.39, 0.29) is 24.9 Å². The number of aromatic nitrogens is 1. The summed E-state index contributed by atoms with van der Waals surface area (Å²) in [6.07, 6.45) is -0.302. The molecule has 63 heavy (non-hydrogen) atoms. The first-order valence-corrected chi connectivity index (χ1v) is 21.8. The fourth-order valence-corrected chi connectivity index (χ4v) is 8.77. The molecule has 0 radical (unpaired) electrons. The van der Waals surface area contributed by atoms with Gasteiger partial charge in [0.25, 0.3) is 15.9 Å². The standard InChI is InChI=1S/C46H53N5O11S/c1-10-28-25-46(28,42(55)50-63(57,58)37-19-15-14-18-32(37)41(54)60-9)49-39(52)35-23-30(26-51(35)40(53)38(44(2,3)4)48-43(56)62-45(5,6)7)61-36-24-33(27-16-12-11-13-17-27)47-34-22-29(59-8)20-21-31(34)36/h10-22,24,28,30,35,38H,1,23,25-26H2,2-9H3,(H,48,56)(H,49,52)(H,50,55)/t28?,30-,35+,38-,46-/m1/s1. The number of ether oxygens (including phenoxy) is 4. The zero-order chi connectivity index (χ0) is 46.1. The van der Waals surface area contributed by atoms with Crippen molar-refractivity contribution in [1.29, 1.82) is 0 Å². The average Bonchev–Trinajstić information content (AvgIpc) is 3.79. The molecule has 2 heterocycles. The molecule has 1 saturated carbocycles. The highest BCUT2D eigenvalue weighted by molar-refractivity contribution is 7.90. The van der Waals surface area contributed by atoms with Gasteiger partial charge in [0.2, 0.25) is 11.8 Å². The second kappa shape index (κ2) is 17.7. The van der Waals surface area contributed by atoms with Crippen LogP contribution in [0.15, 0.2) is 96.4 Å². The lowest BCUT2D eigenvalue weighted by Crippen LogP contribution is -2.60. The van der Waals surface area contributed by atoms with E-state index in [1.807, 2.05) is 35.1 Å². The number of nitrogens with zero attached hydrogens (tertiary/aromatic N) is 2. The summed E-state index contributed by atoms with van der Waals surface area (Å²) < 4.78 is 51.7. The Labute approximate surface area is 366 Å². The number of sulfonamides is 1. The van der Waals surface area contributed by atoms with Crippen LogP contribution in [-0.4, -0.2) is 98.2 Å². The molecule has 1 aliphatic carbocycles. The summed E-state index contributed by atoms with van der Waals surface area (Å²) in [5.74, 6) is -3.11. The zero-order valence-electron chi connectivity index (χ0n) is 36.5. The molecular formula is C46H53N5O11S. The van der Waals surface area contributed by atoms with Crippen LogP contribution in [0.25, 0.3) is 22.2 Å². The van der Waals surface area contributed by atoms with Crippen molar-refractivity contribution in [3.63, 3.8) is 0 Å². The maximum absolute atomic E-state index is 14.8. The maximum Gasteiger partial charge on any atom is 0.408 e. The summed E-state index contributed by atoms with van der Waals surface area (Å²) in [6.45, 7) is 14.0. The number of esters is 1. The van der Waals surface area contributed by atoms with E-state index in [0.717, 1.165) is 18.7 Å². The van der Waals surface area contributed by atoms with Crippen LogP contribution in [0.5, 0.6) is 11.5 Å². The molecule has 5 atom stereocenters. The van der Waals surface area contributed by atoms with Crippen molar-refractivity contribution in [2.45, 2.75) is 88.6 Å². The highest BCUT2D eigenvalue weighted by atomic mass is 32.2. The molecule has 17 heteroatoms. The van der Waals surface area contributed by atoms with Gasteiger partial charge in [-0.3, -0.25) is 14.4 Å². The minimum Gasteiger partial charge on any atom is -0.497 e. The van der Waals surface area contributed by atoms with Crippen LogP contribution >= 0.6 is 0 Å². The van der Waals surface area contributed by atoms with Gasteiger partial charge in [0.05, 0.1) is 37.5 Å². The monoisotopic (exact) mass is 883 g/mol. The number of amides is 4. The molecule has 2 aliphatic rings. The van der Waals surface area contributed by atoms with Crippen molar-refractivity contribution in [2.75, 3.05) is 20.8 Å². The lowest BCUT2D eigenvalue weighted by atomic mass is 9.85. The molecule has 3 N–H and O–H groups in total. The van der Waals surface area contributed by atoms with E-state index in [2.05, 4.69) is 17.2 Å². The SMILES string of the molecule is C=CC1C[C@]1(NC(=O)[C@@H]1C[C@@H](Oc2cc(-c3ccccc3)nc3cc(OC)ccc23)CN1C(=O)[C@@H](NC(=O)OC(C)(C)C)C(C)(C)C)C(=O)NS(=O)(=O)c1ccccc1C(=O)OC. The zero-order valence-corrected chi connectivity index (χ0v) is 37.3. The van der Waals surface area contributed by atoms with Gasteiger partial charge in [0.1, 0.15) is 45.7 Å². The summed E-state index contributed by atoms with van der Waals surface area (Å²) in [5.41, 5.74) is -1.87. The normalized spacial score (nSPS) is 20.2. The first-order valence-electron chi connectivity index (χ1n) is 20.3. The second-order valence-corrected chi connectivity index (χ2v) is 19.3.